The van der Waals surface area contributed by atoms with Crippen LogP contribution in [0.25, 0.3) is 15.9 Å². The molecule has 19 heavy (non-hydrogen) atoms. The molecule has 0 atom stereocenters. The van der Waals surface area contributed by atoms with Gasteiger partial charge in [0.1, 0.15) is 10.5 Å². The number of thiophene rings is 1. The minimum absolute atomic E-state index is 0.182. The highest BCUT2D eigenvalue weighted by atomic mass is 127. The number of benzene rings is 1. The summed E-state index contributed by atoms with van der Waals surface area (Å²) in [6, 6.07) is 6.06. The Hall–Kier alpha value is -1.06. The van der Waals surface area contributed by atoms with E-state index >= 15 is 0 Å². The zero-order valence-corrected chi connectivity index (χ0v) is 13.1. The van der Waals surface area contributed by atoms with E-state index in [9.17, 15) is 9.18 Å². The van der Waals surface area contributed by atoms with Crippen LogP contribution in [0, 0.1) is 14.2 Å². The highest BCUT2D eigenvalue weighted by molar-refractivity contribution is 14.1. The molecule has 0 bridgehead atoms. The zero-order chi connectivity index (χ0) is 13.6. The number of H-pyrrole nitrogens is 1. The predicted molar refractivity (Wildman–Crippen MR) is 85.3 cm³/mol. The second-order valence-electron chi connectivity index (χ2n) is 3.83. The average molecular weight is 404 g/mol. The summed E-state index contributed by atoms with van der Waals surface area (Å²) in [6.45, 7) is 0. The van der Waals surface area contributed by atoms with Crippen LogP contribution in [0.15, 0.2) is 34.4 Å². The van der Waals surface area contributed by atoms with Crippen LogP contribution in [0.2, 0.25) is 0 Å². The quantitative estimate of drug-likeness (QED) is 0.494. The molecule has 0 fully saturated rings. The Bertz CT molecular complexity index is 897. The van der Waals surface area contributed by atoms with E-state index < -0.39 is 0 Å². The summed E-state index contributed by atoms with van der Waals surface area (Å²) in [6.07, 6.45) is 0. The molecule has 0 saturated carbocycles. The second kappa shape index (κ2) is 4.80. The predicted octanol–water partition coefficient (Wildman–Crippen LogP) is 3.85. The number of aromatic amines is 1. The molecule has 0 aliphatic carbocycles. The van der Waals surface area contributed by atoms with Gasteiger partial charge in [0.2, 0.25) is 0 Å². The van der Waals surface area contributed by atoms with E-state index in [1.807, 2.05) is 34.0 Å². The molecule has 0 saturated heterocycles. The molecule has 0 amide bonds. The fraction of sp³-hybridized carbons (Fsp3) is 0. The number of nitrogens with one attached hydrogen (secondary N) is 1. The van der Waals surface area contributed by atoms with Crippen LogP contribution in [0.4, 0.5) is 4.39 Å². The van der Waals surface area contributed by atoms with E-state index in [1.165, 1.54) is 28.0 Å². The molecular weight excluding hydrogens is 398 g/mol. The molecule has 0 aliphatic heterocycles. The van der Waals surface area contributed by atoms with Gasteiger partial charge in [-0.15, -0.1) is 11.3 Å². The van der Waals surface area contributed by atoms with Crippen LogP contribution >= 0.6 is 46.1 Å². The van der Waals surface area contributed by atoms with E-state index in [0.717, 1.165) is 5.52 Å². The maximum atomic E-state index is 13.1. The number of halogens is 2. The van der Waals surface area contributed by atoms with Gasteiger partial charge in [0.15, 0.2) is 4.77 Å². The van der Waals surface area contributed by atoms with Gasteiger partial charge < -0.3 is 4.98 Å². The summed E-state index contributed by atoms with van der Waals surface area (Å²) in [5, 5.41) is 1.83. The Morgan fingerprint density at radius 3 is 2.89 bits per heavy atom. The summed E-state index contributed by atoms with van der Waals surface area (Å²) in [4.78, 5) is 15.4. The van der Waals surface area contributed by atoms with Gasteiger partial charge in [-0.25, -0.2) is 4.39 Å². The molecule has 0 spiro atoms. The van der Waals surface area contributed by atoms with E-state index in [0.29, 0.717) is 18.7 Å². The normalized spacial score (nSPS) is 11.1. The van der Waals surface area contributed by atoms with Crippen LogP contribution in [0.3, 0.4) is 0 Å². The van der Waals surface area contributed by atoms with Crippen molar-refractivity contribution >= 4 is 56.4 Å². The van der Waals surface area contributed by atoms with E-state index in [-0.39, 0.29) is 11.4 Å². The second-order valence-corrected chi connectivity index (χ2v) is 6.29. The van der Waals surface area contributed by atoms with Gasteiger partial charge in [-0.1, -0.05) is 0 Å². The van der Waals surface area contributed by atoms with Crippen LogP contribution in [0.5, 0.6) is 0 Å². The van der Waals surface area contributed by atoms with Gasteiger partial charge in [0.25, 0.3) is 5.56 Å². The molecule has 7 heteroatoms. The van der Waals surface area contributed by atoms with Crippen LogP contribution < -0.4 is 5.56 Å². The van der Waals surface area contributed by atoms with E-state index in [4.69, 9.17) is 12.2 Å². The average Bonchev–Trinajstić information content (AvgIpc) is 2.80. The number of aromatic nitrogens is 2. The van der Waals surface area contributed by atoms with Gasteiger partial charge >= 0.3 is 0 Å². The van der Waals surface area contributed by atoms with Crippen molar-refractivity contribution in [2.75, 3.05) is 0 Å². The first kappa shape index (κ1) is 12.9. The van der Waals surface area contributed by atoms with Crippen molar-refractivity contribution in [3.63, 3.8) is 0 Å². The van der Waals surface area contributed by atoms with Crippen molar-refractivity contribution in [3.8, 4) is 5.69 Å². The lowest BCUT2D eigenvalue weighted by atomic mass is 10.3. The van der Waals surface area contributed by atoms with Crippen molar-refractivity contribution in [1.29, 1.82) is 0 Å². The van der Waals surface area contributed by atoms with E-state index in [2.05, 4.69) is 4.98 Å². The van der Waals surface area contributed by atoms with Crippen LogP contribution in [-0.2, 0) is 0 Å². The molecular formula is C12H6FIN2OS2. The monoisotopic (exact) mass is 404 g/mol. The summed E-state index contributed by atoms with van der Waals surface area (Å²) < 4.78 is 16.1. The fourth-order valence-electron chi connectivity index (χ4n) is 1.82. The Labute approximate surface area is 129 Å². The molecule has 2 heterocycles. The summed E-state index contributed by atoms with van der Waals surface area (Å²) >= 11 is 8.56. The number of hydrogen-bond donors (Lipinski definition) is 1. The Balaban J connectivity index is 2.42. The van der Waals surface area contributed by atoms with Gasteiger partial charge in [0, 0.05) is 3.57 Å². The van der Waals surface area contributed by atoms with Crippen molar-refractivity contribution in [2.45, 2.75) is 0 Å². The molecule has 3 aromatic rings. The van der Waals surface area contributed by atoms with Crippen molar-refractivity contribution in [1.82, 2.24) is 9.55 Å². The number of fused-ring (bicyclic) bond motifs is 1. The largest absolute Gasteiger partial charge is 0.331 e. The maximum absolute atomic E-state index is 13.1. The molecule has 0 radical (unpaired) electrons. The highest BCUT2D eigenvalue weighted by Crippen LogP contribution is 2.20. The standard InChI is InChI=1S/C12H6FIN2OS2/c13-6-1-2-9(7(14)5-6)16-11(17)10-8(3-4-19-10)15-12(16)18/h1-5H,(H,15,18). The molecule has 1 aromatic carbocycles. The third-order valence-electron chi connectivity index (χ3n) is 2.66. The third kappa shape index (κ3) is 2.15. The first-order chi connectivity index (χ1) is 9.08. The lowest BCUT2D eigenvalue weighted by Crippen LogP contribution is -2.20. The van der Waals surface area contributed by atoms with Crippen molar-refractivity contribution < 1.29 is 4.39 Å². The van der Waals surface area contributed by atoms with Crippen molar-refractivity contribution in [3.05, 3.63) is 54.2 Å². The molecule has 96 valence electrons. The summed E-state index contributed by atoms with van der Waals surface area (Å²) in [7, 11) is 0. The van der Waals surface area contributed by atoms with Crippen LogP contribution in [0.1, 0.15) is 0 Å². The minimum atomic E-state index is -0.340. The third-order valence-corrected chi connectivity index (χ3v) is 4.71. The SMILES string of the molecule is O=c1c2sccc2[nH]c(=S)n1-c1ccc(F)cc1I. The van der Waals surface area contributed by atoms with Gasteiger partial charge in [-0.3, -0.25) is 9.36 Å². The Kier molecular flexibility index (Phi) is 3.27. The fourth-order valence-corrected chi connectivity index (χ4v) is 3.61. The molecule has 2 aromatic heterocycles. The van der Waals surface area contributed by atoms with Gasteiger partial charge in [-0.05, 0) is 64.5 Å². The number of hydrogen-bond acceptors (Lipinski definition) is 3. The molecule has 0 aliphatic rings. The Morgan fingerprint density at radius 2 is 2.16 bits per heavy atom. The van der Waals surface area contributed by atoms with Gasteiger partial charge in [0.05, 0.1) is 11.2 Å². The lowest BCUT2D eigenvalue weighted by Gasteiger charge is -2.08. The van der Waals surface area contributed by atoms with Crippen LogP contribution in [-0.4, -0.2) is 9.55 Å². The minimum Gasteiger partial charge on any atom is -0.331 e. The molecule has 0 unspecified atom stereocenters. The lowest BCUT2D eigenvalue weighted by molar-refractivity contribution is 0.626. The molecule has 1 N–H and O–H groups in total. The smallest absolute Gasteiger partial charge is 0.276 e. The van der Waals surface area contributed by atoms with E-state index in [1.54, 1.807) is 6.07 Å². The summed E-state index contributed by atoms with van der Waals surface area (Å²) in [5.41, 5.74) is 1.13. The topological polar surface area (TPSA) is 37.8 Å². The first-order valence-corrected chi connectivity index (χ1v) is 7.62. The number of nitrogens with zero attached hydrogens (tertiary/aromatic N) is 1. The molecule has 3 nitrogen and oxygen atoms in total. The molecule has 3 rings (SSSR count). The van der Waals surface area contributed by atoms with Crippen molar-refractivity contribution in [2.24, 2.45) is 0 Å². The Morgan fingerprint density at radius 1 is 1.37 bits per heavy atom. The first-order valence-electron chi connectivity index (χ1n) is 5.26. The zero-order valence-electron chi connectivity index (χ0n) is 9.31. The highest BCUT2D eigenvalue weighted by Gasteiger charge is 2.11. The summed E-state index contributed by atoms with van der Waals surface area (Å²) in [5.74, 6) is -0.340. The number of rotatable bonds is 1. The van der Waals surface area contributed by atoms with Gasteiger partial charge in [-0.2, -0.15) is 0 Å². The maximum Gasteiger partial charge on any atom is 0.276 e.